The summed E-state index contributed by atoms with van der Waals surface area (Å²) in [6.07, 6.45) is 4.04. The summed E-state index contributed by atoms with van der Waals surface area (Å²) in [4.78, 5) is 22.5. The van der Waals surface area contributed by atoms with Crippen LogP contribution in [-0.2, 0) is 9.59 Å². The van der Waals surface area contributed by atoms with Crippen molar-refractivity contribution in [3.8, 4) is 0 Å². The molecule has 0 aromatic heterocycles. The van der Waals surface area contributed by atoms with Crippen molar-refractivity contribution in [3.63, 3.8) is 0 Å². The number of nitrogens with one attached hydrogen (secondary N) is 1. The maximum Gasteiger partial charge on any atom is 0.266 e. The molecule has 0 atom stereocenters. The third kappa shape index (κ3) is 7.10. The van der Waals surface area contributed by atoms with Crippen LogP contribution in [0.1, 0.15) is 38.5 Å². The first-order valence-electron chi connectivity index (χ1n) is 6.99. The molecule has 21 heavy (non-hydrogen) atoms. The van der Waals surface area contributed by atoms with Crippen LogP contribution in [0.25, 0.3) is 0 Å². The smallest absolute Gasteiger partial charge is 0.266 e. The van der Waals surface area contributed by atoms with Gasteiger partial charge in [0.15, 0.2) is 0 Å². The second-order valence-electron chi connectivity index (χ2n) is 4.74. The molecule has 0 saturated heterocycles. The number of nitrogens with zero attached hydrogens (tertiary/aromatic N) is 1. The van der Waals surface area contributed by atoms with E-state index < -0.39 is 5.91 Å². The number of para-hydroxylation sites is 1. The van der Waals surface area contributed by atoms with Gasteiger partial charge in [-0.3, -0.25) is 9.59 Å². The molecule has 1 aromatic rings. The Hall–Kier alpha value is -2.37. The van der Waals surface area contributed by atoms with Crippen molar-refractivity contribution in [1.29, 1.82) is 0 Å². The summed E-state index contributed by atoms with van der Waals surface area (Å²) in [5, 5.41) is 14.2. The van der Waals surface area contributed by atoms with Gasteiger partial charge in [0, 0.05) is 12.1 Å². The number of nitrogens with two attached hydrogens (primary N) is 1. The maximum absolute atomic E-state index is 11.7. The Morgan fingerprint density at radius 1 is 1.05 bits per heavy atom. The first-order valence-corrected chi connectivity index (χ1v) is 6.99. The molecule has 0 bridgehead atoms. The molecule has 0 unspecified atom stereocenters. The lowest BCUT2D eigenvalue weighted by atomic mass is 10.1. The molecule has 4 N–H and O–H groups in total. The van der Waals surface area contributed by atoms with Crippen molar-refractivity contribution < 1.29 is 14.8 Å². The Labute approximate surface area is 124 Å². The van der Waals surface area contributed by atoms with Gasteiger partial charge >= 0.3 is 0 Å². The molecule has 2 amide bonds. The van der Waals surface area contributed by atoms with Gasteiger partial charge in [-0.2, -0.15) is 0 Å². The average molecular weight is 291 g/mol. The van der Waals surface area contributed by atoms with Gasteiger partial charge in [-0.1, -0.05) is 36.2 Å². The lowest BCUT2D eigenvalue weighted by molar-refractivity contribution is -0.116. The lowest BCUT2D eigenvalue weighted by Gasteiger charge is -2.05. The quantitative estimate of drug-likeness (QED) is 0.281. The summed E-state index contributed by atoms with van der Waals surface area (Å²) in [7, 11) is 0. The van der Waals surface area contributed by atoms with E-state index in [0.717, 1.165) is 24.9 Å². The number of rotatable bonds is 9. The zero-order chi connectivity index (χ0) is 15.5. The number of oxime groups is 1. The lowest BCUT2D eigenvalue weighted by Crippen LogP contribution is -2.23. The average Bonchev–Trinajstić information content (AvgIpc) is 2.47. The van der Waals surface area contributed by atoms with Crippen molar-refractivity contribution in [1.82, 2.24) is 0 Å². The van der Waals surface area contributed by atoms with Crippen molar-refractivity contribution in [2.75, 3.05) is 5.32 Å². The highest BCUT2D eigenvalue weighted by molar-refractivity contribution is 6.38. The Morgan fingerprint density at radius 2 is 1.67 bits per heavy atom. The minimum absolute atomic E-state index is 0.00294. The van der Waals surface area contributed by atoms with E-state index in [9.17, 15) is 9.59 Å². The van der Waals surface area contributed by atoms with Gasteiger partial charge in [0.1, 0.15) is 5.71 Å². The molecule has 114 valence electrons. The number of carbonyl (C=O) groups excluding carboxylic acids is 2. The largest absolute Gasteiger partial charge is 0.410 e. The molecule has 0 aliphatic rings. The third-order valence-electron chi connectivity index (χ3n) is 3.03. The molecule has 0 fully saturated rings. The van der Waals surface area contributed by atoms with Crippen LogP contribution in [0.5, 0.6) is 0 Å². The van der Waals surface area contributed by atoms with Crippen LogP contribution in [0, 0.1) is 0 Å². The number of amides is 2. The first kappa shape index (κ1) is 16.7. The summed E-state index contributed by atoms with van der Waals surface area (Å²) in [6.45, 7) is 0. The van der Waals surface area contributed by atoms with Gasteiger partial charge < -0.3 is 16.3 Å². The fourth-order valence-corrected chi connectivity index (χ4v) is 1.90. The highest BCUT2D eigenvalue weighted by atomic mass is 16.4. The second kappa shape index (κ2) is 9.52. The topological polar surface area (TPSA) is 105 Å². The predicted octanol–water partition coefficient (Wildman–Crippen LogP) is 2.28. The Morgan fingerprint density at radius 3 is 2.24 bits per heavy atom. The molecule has 0 heterocycles. The summed E-state index contributed by atoms with van der Waals surface area (Å²) >= 11 is 0. The molecule has 0 aliphatic carbocycles. The normalized spacial score (nSPS) is 11.1. The minimum atomic E-state index is -0.695. The van der Waals surface area contributed by atoms with E-state index in [1.165, 1.54) is 0 Å². The number of unbranched alkanes of at least 4 members (excludes halogenated alkanes) is 3. The van der Waals surface area contributed by atoms with E-state index in [1.54, 1.807) is 0 Å². The van der Waals surface area contributed by atoms with Crippen molar-refractivity contribution in [3.05, 3.63) is 30.3 Å². The van der Waals surface area contributed by atoms with Gasteiger partial charge in [0.25, 0.3) is 5.91 Å². The van der Waals surface area contributed by atoms with Gasteiger partial charge in [0.2, 0.25) is 5.91 Å². The summed E-state index contributed by atoms with van der Waals surface area (Å²) in [6, 6.07) is 9.32. The monoisotopic (exact) mass is 291 g/mol. The molecule has 1 aromatic carbocycles. The van der Waals surface area contributed by atoms with E-state index in [2.05, 4.69) is 10.5 Å². The zero-order valence-electron chi connectivity index (χ0n) is 11.9. The standard InChI is InChI=1S/C15H21N3O3/c16-15(20)13(18-21)10-6-1-2-7-11-14(19)17-12-8-4-3-5-9-12/h3-5,8-9,21H,1-2,6-7,10-11H2,(H2,16,20)(H,17,19)/b18-13+. The molecule has 0 radical (unpaired) electrons. The van der Waals surface area contributed by atoms with Gasteiger partial charge in [-0.25, -0.2) is 0 Å². The first-order chi connectivity index (χ1) is 10.1. The van der Waals surface area contributed by atoms with Crippen LogP contribution in [0.3, 0.4) is 0 Å². The number of carbonyl (C=O) groups is 2. The maximum atomic E-state index is 11.7. The van der Waals surface area contributed by atoms with E-state index >= 15 is 0 Å². The Balaban J connectivity index is 2.09. The molecule has 0 aliphatic heterocycles. The highest BCUT2D eigenvalue weighted by Gasteiger charge is 2.07. The van der Waals surface area contributed by atoms with E-state index in [1.807, 2.05) is 30.3 Å². The number of anilines is 1. The summed E-state index contributed by atoms with van der Waals surface area (Å²) in [5.41, 5.74) is 5.81. The summed E-state index contributed by atoms with van der Waals surface area (Å²) in [5.74, 6) is -0.698. The fourth-order valence-electron chi connectivity index (χ4n) is 1.90. The molecule has 1 rings (SSSR count). The predicted molar refractivity (Wildman–Crippen MR) is 81.2 cm³/mol. The third-order valence-corrected chi connectivity index (χ3v) is 3.03. The van der Waals surface area contributed by atoms with Crippen molar-refractivity contribution in [2.45, 2.75) is 38.5 Å². The van der Waals surface area contributed by atoms with E-state index in [-0.39, 0.29) is 11.6 Å². The zero-order valence-corrected chi connectivity index (χ0v) is 11.9. The minimum Gasteiger partial charge on any atom is -0.410 e. The van der Waals surface area contributed by atoms with Crippen molar-refractivity contribution >= 4 is 23.2 Å². The fraction of sp³-hybridized carbons (Fsp3) is 0.400. The van der Waals surface area contributed by atoms with Crippen LogP contribution >= 0.6 is 0 Å². The Kier molecular flexibility index (Phi) is 7.56. The Bertz CT molecular complexity index is 486. The number of benzene rings is 1. The summed E-state index contributed by atoms with van der Waals surface area (Å²) < 4.78 is 0. The molecule has 0 spiro atoms. The van der Waals surface area contributed by atoms with Crippen LogP contribution in [0.15, 0.2) is 35.5 Å². The molecular weight excluding hydrogens is 270 g/mol. The van der Waals surface area contributed by atoms with Crippen molar-refractivity contribution in [2.24, 2.45) is 10.9 Å². The van der Waals surface area contributed by atoms with Gasteiger partial charge in [-0.05, 0) is 31.4 Å². The van der Waals surface area contributed by atoms with Gasteiger partial charge in [0.05, 0.1) is 0 Å². The molecule has 0 saturated carbocycles. The molecule has 6 heteroatoms. The molecular formula is C15H21N3O3. The van der Waals surface area contributed by atoms with Crippen LogP contribution in [-0.4, -0.2) is 22.7 Å². The molecule has 6 nitrogen and oxygen atoms in total. The second-order valence-corrected chi connectivity index (χ2v) is 4.74. The van der Waals surface area contributed by atoms with Crippen LogP contribution < -0.4 is 11.1 Å². The van der Waals surface area contributed by atoms with Gasteiger partial charge in [-0.15, -0.1) is 0 Å². The SMILES string of the molecule is NC(=O)/C(CCCCCCC(=O)Nc1ccccc1)=N/O. The number of hydrogen-bond acceptors (Lipinski definition) is 4. The van der Waals surface area contributed by atoms with E-state index in [0.29, 0.717) is 19.3 Å². The number of hydrogen-bond donors (Lipinski definition) is 3. The highest BCUT2D eigenvalue weighted by Crippen LogP contribution is 2.09. The van der Waals surface area contributed by atoms with Crippen LogP contribution in [0.4, 0.5) is 5.69 Å². The van der Waals surface area contributed by atoms with E-state index in [4.69, 9.17) is 10.9 Å². The van der Waals surface area contributed by atoms with Crippen LogP contribution in [0.2, 0.25) is 0 Å². The number of primary amides is 1.